The van der Waals surface area contributed by atoms with Crippen LogP contribution in [0.4, 0.5) is 4.39 Å². The minimum Gasteiger partial charge on any atom is -0.310 e. The normalized spacial score (nSPS) is 20.2. The molecular weight excluding hydrogens is 261 g/mol. The van der Waals surface area contributed by atoms with Crippen molar-refractivity contribution < 1.29 is 4.39 Å². The first-order chi connectivity index (χ1) is 9.00. The average molecular weight is 284 g/mol. The van der Waals surface area contributed by atoms with Crippen molar-refractivity contribution in [1.82, 2.24) is 5.32 Å². The third-order valence-corrected chi connectivity index (χ3v) is 4.63. The molecule has 3 heteroatoms. The van der Waals surface area contributed by atoms with Crippen LogP contribution in [0.1, 0.15) is 57.6 Å². The number of halogens is 2. The summed E-state index contributed by atoms with van der Waals surface area (Å²) in [7, 11) is 0. The van der Waals surface area contributed by atoms with Gasteiger partial charge in [-0.15, -0.1) is 0 Å². The third-order valence-electron chi connectivity index (χ3n) is 4.34. The van der Waals surface area contributed by atoms with Crippen LogP contribution in [0, 0.1) is 11.2 Å². The van der Waals surface area contributed by atoms with Crippen LogP contribution >= 0.6 is 11.6 Å². The van der Waals surface area contributed by atoms with Gasteiger partial charge in [0.1, 0.15) is 5.82 Å². The smallest absolute Gasteiger partial charge is 0.141 e. The molecule has 0 saturated heterocycles. The Morgan fingerprint density at radius 3 is 2.63 bits per heavy atom. The van der Waals surface area contributed by atoms with E-state index in [0.717, 1.165) is 12.1 Å². The van der Waals surface area contributed by atoms with Crippen LogP contribution in [0.2, 0.25) is 5.02 Å². The van der Waals surface area contributed by atoms with Crippen molar-refractivity contribution in [2.45, 2.75) is 52.0 Å². The predicted molar refractivity (Wildman–Crippen MR) is 79.0 cm³/mol. The van der Waals surface area contributed by atoms with Gasteiger partial charge in [0.2, 0.25) is 0 Å². The zero-order chi connectivity index (χ0) is 13.9. The molecule has 0 aromatic heterocycles. The van der Waals surface area contributed by atoms with Crippen molar-refractivity contribution >= 4 is 11.6 Å². The van der Waals surface area contributed by atoms with Crippen LogP contribution in [-0.4, -0.2) is 6.54 Å². The Bertz CT molecular complexity index is 427. The molecule has 1 atom stereocenters. The standard InChI is InChI=1S/C16H23ClFN/c1-12(13-6-7-15(18)14(17)10-13)19-11-16(2)8-4-3-5-9-16/h6-7,10,12,19H,3-5,8-9,11H2,1-2H3. The summed E-state index contributed by atoms with van der Waals surface area (Å²) in [6.07, 6.45) is 6.66. The summed E-state index contributed by atoms with van der Waals surface area (Å²) in [5, 5.41) is 3.78. The van der Waals surface area contributed by atoms with Gasteiger partial charge in [0.25, 0.3) is 0 Å². The summed E-state index contributed by atoms with van der Waals surface area (Å²) in [5.41, 5.74) is 1.46. The van der Waals surface area contributed by atoms with Gasteiger partial charge in [-0.1, -0.05) is 43.9 Å². The Morgan fingerprint density at radius 1 is 1.32 bits per heavy atom. The van der Waals surface area contributed by atoms with Crippen molar-refractivity contribution in [2.75, 3.05) is 6.54 Å². The molecule has 1 saturated carbocycles. The monoisotopic (exact) mass is 283 g/mol. The van der Waals surface area contributed by atoms with Gasteiger partial charge in [-0.3, -0.25) is 0 Å². The fraction of sp³-hybridized carbons (Fsp3) is 0.625. The molecular formula is C16H23ClFN. The lowest BCUT2D eigenvalue weighted by Crippen LogP contribution is -2.34. The predicted octanol–water partition coefficient (Wildman–Crippen LogP) is 5.10. The van der Waals surface area contributed by atoms with Gasteiger partial charge in [0.05, 0.1) is 5.02 Å². The Kier molecular flexibility index (Phi) is 4.86. The average Bonchev–Trinajstić information content (AvgIpc) is 2.40. The zero-order valence-corrected chi connectivity index (χ0v) is 12.6. The molecule has 0 bridgehead atoms. The lowest BCUT2D eigenvalue weighted by molar-refractivity contribution is 0.202. The van der Waals surface area contributed by atoms with E-state index in [1.165, 1.54) is 38.2 Å². The Hall–Kier alpha value is -0.600. The summed E-state index contributed by atoms with van der Waals surface area (Å²) >= 11 is 5.83. The quantitative estimate of drug-likeness (QED) is 0.810. The lowest BCUT2D eigenvalue weighted by Gasteiger charge is -2.35. The van der Waals surface area contributed by atoms with E-state index in [2.05, 4.69) is 19.2 Å². The number of nitrogens with one attached hydrogen (secondary N) is 1. The lowest BCUT2D eigenvalue weighted by atomic mass is 9.75. The topological polar surface area (TPSA) is 12.0 Å². The number of benzene rings is 1. The largest absolute Gasteiger partial charge is 0.310 e. The highest BCUT2D eigenvalue weighted by molar-refractivity contribution is 6.30. The maximum Gasteiger partial charge on any atom is 0.141 e. The minimum absolute atomic E-state index is 0.204. The first-order valence-electron chi connectivity index (χ1n) is 7.18. The van der Waals surface area contributed by atoms with E-state index < -0.39 is 0 Å². The molecule has 0 amide bonds. The Balaban J connectivity index is 1.93. The molecule has 1 aromatic carbocycles. The van der Waals surface area contributed by atoms with Crippen LogP contribution in [0.25, 0.3) is 0 Å². The zero-order valence-electron chi connectivity index (χ0n) is 11.8. The molecule has 1 aromatic rings. The molecule has 0 spiro atoms. The highest BCUT2D eigenvalue weighted by Gasteiger charge is 2.26. The van der Waals surface area contributed by atoms with Crippen molar-refractivity contribution in [2.24, 2.45) is 5.41 Å². The van der Waals surface area contributed by atoms with Gasteiger partial charge in [0.15, 0.2) is 0 Å². The van der Waals surface area contributed by atoms with Gasteiger partial charge >= 0.3 is 0 Å². The fourth-order valence-corrected chi connectivity index (χ4v) is 3.07. The van der Waals surface area contributed by atoms with Gasteiger partial charge in [0, 0.05) is 12.6 Å². The van der Waals surface area contributed by atoms with E-state index in [1.807, 2.05) is 6.07 Å². The first kappa shape index (κ1) is 14.8. The summed E-state index contributed by atoms with van der Waals surface area (Å²) in [4.78, 5) is 0. The summed E-state index contributed by atoms with van der Waals surface area (Å²) in [6.45, 7) is 5.49. The van der Waals surface area contributed by atoms with Crippen LogP contribution in [0.5, 0.6) is 0 Å². The molecule has 1 N–H and O–H groups in total. The minimum atomic E-state index is -0.350. The molecule has 1 nitrogen and oxygen atoms in total. The number of rotatable bonds is 4. The SMILES string of the molecule is CC(NCC1(C)CCCCC1)c1ccc(F)c(Cl)c1. The molecule has 0 aliphatic heterocycles. The molecule has 1 fully saturated rings. The van der Waals surface area contributed by atoms with E-state index in [9.17, 15) is 4.39 Å². The molecule has 0 heterocycles. The van der Waals surface area contributed by atoms with Gasteiger partial charge in [-0.25, -0.2) is 4.39 Å². The summed E-state index contributed by atoms with van der Waals surface area (Å²) in [5.74, 6) is -0.350. The van der Waals surface area contributed by atoms with Gasteiger partial charge in [-0.05, 0) is 42.9 Å². The fourth-order valence-electron chi connectivity index (χ4n) is 2.88. The van der Waals surface area contributed by atoms with E-state index in [0.29, 0.717) is 5.41 Å². The van der Waals surface area contributed by atoms with Crippen LogP contribution in [-0.2, 0) is 0 Å². The summed E-state index contributed by atoms with van der Waals surface area (Å²) in [6, 6.07) is 5.18. The maximum absolute atomic E-state index is 13.1. The van der Waals surface area contributed by atoms with E-state index in [1.54, 1.807) is 6.07 Å². The van der Waals surface area contributed by atoms with E-state index >= 15 is 0 Å². The summed E-state index contributed by atoms with van der Waals surface area (Å²) < 4.78 is 13.1. The van der Waals surface area contributed by atoms with E-state index in [4.69, 9.17) is 11.6 Å². The van der Waals surface area contributed by atoms with Gasteiger partial charge < -0.3 is 5.32 Å². The Morgan fingerprint density at radius 2 is 2.00 bits per heavy atom. The second-order valence-corrected chi connectivity index (χ2v) is 6.55. The molecule has 2 rings (SSSR count). The van der Waals surface area contributed by atoms with Crippen LogP contribution in [0.3, 0.4) is 0 Å². The van der Waals surface area contributed by atoms with Gasteiger partial charge in [-0.2, -0.15) is 0 Å². The molecule has 19 heavy (non-hydrogen) atoms. The maximum atomic E-state index is 13.1. The number of hydrogen-bond donors (Lipinski definition) is 1. The second kappa shape index (κ2) is 6.23. The highest BCUT2D eigenvalue weighted by atomic mass is 35.5. The second-order valence-electron chi connectivity index (χ2n) is 6.15. The highest BCUT2D eigenvalue weighted by Crippen LogP contribution is 2.35. The molecule has 1 aliphatic carbocycles. The molecule has 1 aliphatic rings. The number of hydrogen-bond acceptors (Lipinski definition) is 1. The van der Waals surface area contributed by atoms with Crippen LogP contribution in [0.15, 0.2) is 18.2 Å². The molecule has 106 valence electrons. The van der Waals surface area contributed by atoms with Crippen molar-refractivity contribution in [3.05, 3.63) is 34.6 Å². The van der Waals surface area contributed by atoms with Crippen molar-refractivity contribution in [3.63, 3.8) is 0 Å². The molecule has 1 unspecified atom stereocenters. The Labute approximate surface area is 120 Å². The van der Waals surface area contributed by atoms with E-state index in [-0.39, 0.29) is 16.9 Å². The molecule has 0 radical (unpaired) electrons. The van der Waals surface area contributed by atoms with Crippen molar-refractivity contribution in [3.8, 4) is 0 Å². The van der Waals surface area contributed by atoms with Crippen molar-refractivity contribution in [1.29, 1.82) is 0 Å². The first-order valence-corrected chi connectivity index (χ1v) is 7.56. The van der Waals surface area contributed by atoms with Crippen LogP contribution < -0.4 is 5.32 Å². The third kappa shape index (κ3) is 3.93.